The largest absolute Gasteiger partial charge is 0.476 e. The summed E-state index contributed by atoms with van der Waals surface area (Å²) in [6.07, 6.45) is 1.23. The molecule has 2 heterocycles. The molecule has 11 nitrogen and oxygen atoms in total. The predicted molar refractivity (Wildman–Crippen MR) is 173 cm³/mol. The third-order valence-electron chi connectivity index (χ3n) is 6.78. The zero-order chi connectivity index (χ0) is 31.7. The van der Waals surface area contributed by atoms with Gasteiger partial charge in [-0.05, 0) is 61.0 Å². The quantitative estimate of drug-likeness (QED) is 0.105. The fourth-order valence-electron chi connectivity index (χ4n) is 4.63. The summed E-state index contributed by atoms with van der Waals surface area (Å²) in [5.41, 5.74) is 1.57. The molecule has 6 rings (SSSR count). The predicted octanol–water partition coefficient (Wildman–Crippen LogP) is 7.23. The Morgan fingerprint density at radius 1 is 1.09 bits per heavy atom. The molecular weight excluding hydrogens is 621 g/mol. The number of furan rings is 1. The van der Waals surface area contributed by atoms with Crippen molar-refractivity contribution < 1.29 is 18.9 Å². The van der Waals surface area contributed by atoms with Gasteiger partial charge in [-0.25, -0.2) is 4.98 Å². The summed E-state index contributed by atoms with van der Waals surface area (Å²) in [5, 5.41) is 20.4. The van der Waals surface area contributed by atoms with Crippen molar-refractivity contribution in [2.45, 2.75) is 6.92 Å². The van der Waals surface area contributed by atoms with E-state index in [0.717, 1.165) is 10.2 Å². The highest BCUT2D eigenvalue weighted by atomic mass is 35.5. The first-order chi connectivity index (χ1) is 21.7. The van der Waals surface area contributed by atoms with E-state index in [2.05, 4.69) is 15.4 Å². The number of nitro benzene ring substituents is 1. The van der Waals surface area contributed by atoms with Crippen LogP contribution in [0.1, 0.15) is 11.1 Å². The zero-order valence-electron chi connectivity index (χ0n) is 23.4. The van der Waals surface area contributed by atoms with Crippen LogP contribution in [0.25, 0.3) is 33.5 Å². The molecule has 0 aliphatic rings. The van der Waals surface area contributed by atoms with Crippen molar-refractivity contribution in [1.29, 1.82) is 0 Å². The second-order valence-electron chi connectivity index (χ2n) is 9.87. The van der Waals surface area contributed by atoms with E-state index in [-0.39, 0.29) is 27.9 Å². The number of aryl methyl sites for hydroxylation is 1. The molecule has 4 aromatic carbocycles. The molecule has 224 valence electrons. The second kappa shape index (κ2) is 12.2. The van der Waals surface area contributed by atoms with E-state index in [0.29, 0.717) is 32.6 Å². The molecule has 1 amide bonds. The van der Waals surface area contributed by atoms with Crippen molar-refractivity contribution in [3.05, 3.63) is 127 Å². The van der Waals surface area contributed by atoms with Gasteiger partial charge < -0.3 is 14.5 Å². The van der Waals surface area contributed by atoms with Crippen molar-refractivity contribution in [3.63, 3.8) is 0 Å². The first kappa shape index (κ1) is 29.5. The Bertz CT molecular complexity index is 2230. The molecule has 0 aliphatic heterocycles. The smallest absolute Gasteiger partial charge is 0.313 e. The third kappa shape index (κ3) is 6.12. The van der Waals surface area contributed by atoms with Gasteiger partial charge in [0, 0.05) is 27.7 Å². The zero-order valence-corrected chi connectivity index (χ0v) is 24.9. The van der Waals surface area contributed by atoms with Gasteiger partial charge in [0.15, 0.2) is 12.4 Å². The molecule has 0 fully saturated rings. The van der Waals surface area contributed by atoms with Crippen molar-refractivity contribution in [1.82, 2.24) is 9.66 Å². The fraction of sp³-hybridized carbons (Fsp3) is 0.0625. The van der Waals surface area contributed by atoms with Gasteiger partial charge in [-0.2, -0.15) is 9.78 Å². The number of nitrogens with one attached hydrogen (secondary N) is 1. The summed E-state index contributed by atoms with van der Waals surface area (Å²) in [7, 11) is 0. The topological polar surface area (TPSA) is 142 Å². The molecule has 45 heavy (non-hydrogen) atoms. The molecular formula is C32H21Cl2N5O6. The first-order valence-corrected chi connectivity index (χ1v) is 14.2. The summed E-state index contributed by atoms with van der Waals surface area (Å²) < 4.78 is 12.5. The number of nitro groups is 1. The second-order valence-corrected chi connectivity index (χ2v) is 10.7. The van der Waals surface area contributed by atoms with Crippen molar-refractivity contribution >= 4 is 68.6 Å². The van der Waals surface area contributed by atoms with E-state index in [9.17, 15) is 19.7 Å². The lowest BCUT2D eigenvalue weighted by molar-refractivity contribution is -0.385. The van der Waals surface area contributed by atoms with Gasteiger partial charge in [0.1, 0.15) is 5.58 Å². The van der Waals surface area contributed by atoms with Crippen LogP contribution in [0.5, 0.6) is 5.75 Å². The Kier molecular flexibility index (Phi) is 8.03. The van der Waals surface area contributed by atoms with Gasteiger partial charge in [-0.15, -0.1) is 0 Å². The van der Waals surface area contributed by atoms with Gasteiger partial charge in [0.2, 0.25) is 11.6 Å². The van der Waals surface area contributed by atoms with Gasteiger partial charge in [0.25, 0.3) is 11.5 Å². The van der Waals surface area contributed by atoms with E-state index in [1.54, 1.807) is 60.7 Å². The minimum Gasteiger partial charge on any atom is -0.476 e. The van der Waals surface area contributed by atoms with Crippen LogP contribution in [0.2, 0.25) is 10.0 Å². The highest BCUT2D eigenvalue weighted by molar-refractivity contribution is 6.32. The summed E-state index contributed by atoms with van der Waals surface area (Å²) in [6.45, 7) is 1.31. The average molecular weight is 642 g/mol. The van der Waals surface area contributed by atoms with Crippen molar-refractivity contribution in [3.8, 4) is 17.3 Å². The fourth-order valence-corrected chi connectivity index (χ4v) is 5.09. The van der Waals surface area contributed by atoms with Gasteiger partial charge in [0.05, 0.1) is 27.1 Å². The first-order valence-electron chi connectivity index (χ1n) is 13.4. The normalized spacial score (nSPS) is 11.4. The number of benzene rings is 4. The highest BCUT2D eigenvalue weighted by Crippen LogP contribution is 2.36. The van der Waals surface area contributed by atoms with Crippen LogP contribution in [-0.4, -0.2) is 33.3 Å². The van der Waals surface area contributed by atoms with Crippen LogP contribution in [0.4, 0.5) is 11.4 Å². The molecule has 0 saturated heterocycles. The van der Waals surface area contributed by atoms with E-state index in [1.165, 1.54) is 18.3 Å². The maximum Gasteiger partial charge on any atom is 0.313 e. The molecule has 0 saturated carbocycles. The van der Waals surface area contributed by atoms with Crippen molar-refractivity contribution in [2.75, 3.05) is 11.9 Å². The van der Waals surface area contributed by atoms with E-state index in [1.807, 2.05) is 19.1 Å². The van der Waals surface area contributed by atoms with Crippen LogP contribution >= 0.6 is 23.2 Å². The Balaban J connectivity index is 1.35. The number of hydrogen-bond acceptors (Lipinski definition) is 8. The maximum atomic E-state index is 13.6. The molecule has 0 atom stereocenters. The molecule has 0 spiro atoms. The van der Waals surface area contributed by atoms with E-state index >= 15 is 0 Å². The SMILES string of the molecule is Cc1ccccc1NC(=O)COc1c(Cl)cc(C=Nn2c(-c3cc4cc(Cl)ccc4o3)nc3ccccc3c2=O)cc1[N+](=O)[O-]. The monoisotopic (exact) mass is 641 g/mol. The molecule has 13 heteroatoms. The molecule has 0 radical (unpaired) electrons. The lowest BCUT2D eigenvalue weighted by Crippen LogP contribution is -2.21. The van der Waals surface area contributed by atoms with Crippen LogP contribution in [-0.2, 0) is 4.79 Å². The number of nitrogens with zero attached hydrogens (tertiary/aromatic N) is 4. The van der Waals surface area contributed by atoms with Crippen LogP contribution in [0.3, 0.4) is 0 Å². The Morgan fingerprint density at radius 2 is 1.87 bits per heavy atom. The van der Waals surface area contributed by atoms with Crippen LogP contribution in [0.15, 0.2) is 99.2 Å². The van der Waals surface area contributed by atoms with Crippen molar-refractivity contribution in [2.24, 2.45) is 5.10 Å². The van der Waals surface area contributed by atoms with Gasteiger partial charge in [-0.3, -0.25) is 19.7 Å². The number of aromatic nitrogens is 2. The number of para-hydroxylation sites is 2. The number of rotatable bonds is 8. The number of hydrogen-bond donors (Lipinski definition) is 1. The average Bonchev–Trinajstić information content (AvgIpc) is 3.44. The van der Waals surface area contributed by atoms with E-state index in [4.69, 9.17) is 32.4 Å². The van der Waals surface area contributed by atoms with Gasteiger partial charge >= 0.3 is 5.69 Å². The minimum atomic E-state index is -0.688. The number of amides is 1. The summed E-state index contributed by atoms with van der Waals surface area (Å²) >= 11 is 12.5. The summed E-state index contributed by atoms with van der Waals surface area (Å²) in [4.78, 5) is 41.9. The molecule has 0 aliphatic carbocycles. The molecule has 0 unspecified atom stereocenters. The molecule has 6 aromatic rings. The number of anilines is 1. The van der Waals surface area contributed by atoms with Crippen LogP contribution in [0, 0.1) is 17.0 Å². The highest BCUT2D eigenvalue weighted by Gasteiger charge is 2.22. The van der Waals surface area contributed by atoms with Gasteiger partial charge in [-0.1, -0.05) is 53.5 Å². The molecule has 0 bridgehead atoms. The maximum absolute atomic E-state index is 13.6. The number of fused-ring (bicyclic) bond motifs is 2. The minimum absolute atomic E-state index is 0.0995. The Labute approximate surface area is 264 Å². The van der Waals surface area contributed by atoms with Crippen LogP contribution < -0.4 is 15.6 Å². The summed E-state index contributed by atoms with van der Waals surface area (Å²) in [6, 6.07) is 23.2. The van der Waals surface area contributed by atoms with E-state index < -0.39 is 28.7 Å². The third-order valence-corrected chi connectivity index (χ3v) is 7.30. The lowest BCUT2D eigenvalue weighted by Gasteiger charge is -2.11. The number of carbonyl (C=O) groups is 1. The number of halogens is 2. The number of ether oxygens (including phenoxy) is 1. The molecule has 1 N–H and O–H groups in total. The Morgan fingerprint density at radius 3 is 2.67 bits per heavy atom. The summed E-state index contributed by atoms with van der Waals surface area (Å²) in [5.74, 6) is -0.458. The number of carbonyl (C=O) groups excluding carboxylic acids is 1. The molecule has 2 aromatic heterocycles. The standard InChI is InChI=1S/C32H21Cl2N5O6/c1-18-6-2-4-8-24(18)36-29(40)17-44-30-23(34)12-19(13-26(30)39(42)43)16-35-38-31(37-25-9-5-3-7-22(25)32(38)41)28-15-20-14-21(33)10-11-27(20)45-28/h2-16H,17H2,1H3,(H,36,40). The Hall–Kier alpha value is -5.52. The lowest BCUT2D eigenvalue weighted by atomic mass is 10.2.